The molecule has 1 aromatic rings. The first-order chi connectivity index (χ1) is 6.54. The summed E-state index contributed by atoms with van der Waals surface area (Å²) in [5.41, 5.74) is 6.45. The van der Waals surface area contributed by atoms with Crippen molar-refractivity contribution in [1.29, 1.82) is 0 Å². The van der Waals surface area contributed by atoms with Crippen LogP contribution in [0.3, 0.4) is 0 Å². The molecule has 78 valence electrons. The van der Waals surface area contributed by atoms with E-state index in [4.69, 9.17) is 5.73 Å². The quantitative estimate of drug-likeness (QED) is 0.781. The third-order valence-corrected chi connectivity index (χ3v) is 1.98. The summed E-state index contributed by atoms with van der Waals surface area (Å²) in [6.07, 6.45) is 3.45. The Morgan fingerprint density at radius 2 is 2.07 bits per heavy atom. The minimum atomic E-state index is 0.0351. The molecule has 0 unspecified atom stereocenters. The largest absolute Gasteiger partial charge is 0.330 e. The van der Waals surface area contributed by atoms with E-state index in [-0.39, 0.29) is 5.41 Å². The molecular formula is C10H18N4. The molecule has 0 aliphatic carbocycles. The summed E-state index contributed by atoms with van der Waals surface area (Å²) < 4.78 is 0. The predicted octanol–water partition coefficient (Wildman–Crippen LogP) is 1.06. The molecule has 0 aromatic carbocycles. The fraction of sp³-hybridized carbons (Fsp3) is 0.700. The van der Waals surface area contributed by atoms with Gasteiger partial charge in [0.25, 0.3) is 0 Å². The van der Waals surface area contributed by atoms with Crippen LogP contribution in [0, 0.1) is 0 Å². The number of nitrogens with two attached hydrogens (primary N) is 1. The highest BCUT2D eigenvalue weighted by molar-refractivity contribution is 5.08. The van der Waals surface area contributed by atoms with Gasteiger partial charge in [0, 0.05) is 11.8 Å². The Kier molecular flexibility index (Phi) is 3.52. The van der Waals surface area contributed by atoms with Crippen LogP contribution in [-0.4, -0.2) is 21.7 Å². The molecule has 0 spiro atoms. The second kappa shape index (κ2) is 4.46. The lowest BCUT2D eigenvalue weighted by atomic mass is 9.93. The first-order valence-electron chi connectivity index (χ1n) is 4.93. The average Bonchev–Trinajstić information content (AvgIpc) is 2.14. The molecule has 0 aliphatic rings. The Labute approximate surface area is 85.0 Å². The van der Waals surface area contributed by atoms with E-state index in [0.717, 1.165) is 24.4 Å². The van der Waals surface area contributed by atoms with Crippen LogP contribution in [0.4, 0.5) is 0 Å². The number of nitrogens with zero attached hydrogens (tertiary/aromatic N) is 3. The molecule has 0 fully saturated rings. The standard InChI is InChI=1S/C10H18N4/c1-10(2,3)8-7-12-14-9(13-8)5-4-6-11/h7H,4-6,11H2,1-3H3. The van der Waals surface area contributed by atoms with Gasteiger partial charge in [-0.2, -0.15) is 5.10 Å². The molecule has 1 heterocycles. The maximum absolute atomic E-state index is 5.42. The van der Waals surface area contributed by atoms with Gasteiger partial charge in [-0.3, -0.25) is 0 Å². The Morgan fingerprint density at radius 1 is 1.36 bits per heavy atom. The fourth-order valence-corrected chi connectivity index (χ4v) is 1.07. The van der Waals surface area contributed by atoms with Crippen molar-refractivity contribution in [2.24, 2.45) is 5.73 Å². The molecule has 2 N–H and O–H groups in total. The normalized spacial score (nSPS) is 11.7. The van der Waals surface area contributed by atoms with Crippen LogP contribution >= 0.6 is 0 Å². The lowest BCUT2D eigenvalue weighted by Gasteiger charge is -2.16. The van der Waals surface area contributed by atoms with Crippen molar-refractivity contribution in [2.75, 3.05) is 6.54 Å². The van der Waals surface area contributed by atoms with E-state index in [1.807, 2.05) is 0 Å². The molecule has 0 atom stereocenters. The van der Waals surface area contributed by atoms with Gasteiger partial charge in [0.15, 0.2) is 5.82 Å². The molecule has 0 saturated heterocycles. The molecule has 0 radical (unpaired) electrons. The minimum absolute atomic E-state index is 0.0351. The molecule has 0 aliphatic heterocycles. The Bertz CT molecular complexity index is 290. The highest BCUT2D eigenvalue weighted by atomic mass is 15.1. The molecule has 4 heteroatoms. The summed E-state index contributed by atoms with van der Waals surface area (Å²) in [5.74, 6) is 0.794. The molecule has 1 rings (SSSR count). The van der Waals surface area contributed by atoms with Crippen LogP contribution in [0.2, 0.25) is 0 Å². The number of aromatic nitrogens is 3. The van der Waals surface area contributed by atoms with Crippen LogP contribution in [0.1, 0.15) is 38.7 Å². The van der Waals surface area contributed by atoms with E-state index in [9.17, 15) is 0 Å². The smallest absolute Gasteiger partial charge is 0.151 e. The highest BCUT2D eigenvalue weighted by Crippen LogP contribution is 2.18. The van der Waals surface area contributed by atoms with Gasteiger partial charge in [-0.25, -0.2) is 4.98 Å². The van der Waals surface area contributed by atoms with Crippen LogP contribution in [0.5, 0.6) is 0 Å². The molecule has 4 nitrogen and oxygen atoms in total. The van der Waals surface area contributed by atoms with Gasteiger partial charge in [-0.05, 0) is 13.0 Å². The van der Waals surface area contributed by atoms with Crippen molar-refractivity contribution < 1.29 is 0 Å². The van der Waals surface area contributed by atoms with E-state index < -0.39 is 0 Å². The summed E-state index contributed by atoms with van der Waals surface area (Å²) in [7, 11) is 0. The lowest BCUT2D eigenvalue weighted by Crippen LogP contribution is -2.16. The van der Waals surface area contributed by atoms with Crippen LogP contribution < -0.4 is 5.73 Å². The summed E-state index contributed by atoms with van der Waals surface area (Å²) in [6.45, 7) is 7.01. The van der Waals surface area contributed by atoms with Crippen LogP contribution in [0.25, 0.3) is 0 Å². The van der Waals surface area contributed by atoms with Crippen LogP contribution in [-0.2, 0) is 11.8 Å². The van der Waals surface area contributed by atoms with E-state index in [0.29, 0.717) is 6.54 Å². The number of hydrogen-bond acceptors (Lipinski definition) is 4. The van der Waals surface area contributed by atoms with Gasteiger partial charge in [0.05, 0.1) is 11.9 Å². The van der Waals surface area contributed by atoms with Crippen molar-refractivity contribution in [2.45, 2.75) is 39.0 Å². The molecule has 1 aromatic heterocycles. The zero-order valence-electron chi connectivity index (χ0n) is 9.12. The zero-order chi connectivity index (χ0) is 10.6. The van der Waals surface area contributed by atoms with E-state index in [1.165, 1.54) is 0 Å². The van der Waals surface area contributed by atoms with Gasteiger partial charge >= 0.3 is 0 Å². The average molecular weight is 194 g/mol. The van der Waals surface area contributed by atoms with Gasteiger partial charge in [-0.15, -0.1) is 5.10 Å². The number of aryl methyl sites for hydroxylation is 1. The fourth-order valence-electron chi connectivity index (χ4n) is 1.07. The third-order valence-electron chi connectivity index (χ3n) is 1.98. The van der Waals surface area contributed by atoms with Gasteiger partial charge in [0.2, 0.25) is 0 Å². The maximum atomic E-state index is 5.42. The van der Waals surface area contributed by atoms with Crippen LogP contribution in [0.15, 0.2) is 6.20 Å². The highest BCUT2D eigenvalue weighted by Gasteiger charge is 2.16. The predicted molar refractivity (Wildman–Crippen MR) is 55.9 cm³/mol. The van der Waals surface area contributed by atoms with E-state index in [2.05, 4.69) is 36.0 Å². The van der Waals surface area contributed by atoms with Crippen molar-refractivity contribution in [3.63, 3.8) is 0 Å². The Hall–Kier alpha value is -1.03. The Morgan fingerprint density at radius 3 is 2.64 bits per heavy atom. The first-order valence-corrected chi connectivity index (χ1v) is 4.93. The molecule has 0 saturated carbocycles. The maximum Gasteiger partial charge on any atom is 0.151 e. The summed E-state index contributed by atoms with van der Waals surface area (Å²) in [5, 5.41) is 7.92. The monoisotopic (exact) mass is 194 g/mol. The molecule has 14 heavy (non-hydrogen) atoms. The second-order valence-corrected chi connectivity index (χ2v) is 4.40. The number of rotatable bonds is 3. The van der Waals surface area contributed by atoms with E-state index >= 15 is 0 Å². The Balaban J connectivity index is 2.79. The summed E-state index contributed by atoms with van der Waals surface area (Å²) in [6, 6.07) is 0. The number of hydrogen-bond donors (Lipinski definition) is 1. The van der Waals surface area contributed by atoms with Crippen molar-refractivity contribution >= 4 is 0 Å². The second-order valence-electron chi connectivity index (χ2n) is 4.40. The van der Waals surface area contributed by atoms with Crippen molar-refractivity contribution in [3.05, 3.63) is 17.7 Å². The molecular weight excluding hydrogens is 176 g/mol. The van der Waals surface area contributed by atoms with Gasteiger partial charge in [0.1, 0.15) is 0 Å². The van der Waals surface area contributed by atoms with E-state index in [1.54, 1.807) is 6.20 Å². The summed E-state index contributed by atoms with van der Waals surface area (Å²) >= 11 is 0. The topological polar surface area (TPSA) is 64.7 Å². The van der Waals surface area contributed by atoms with Crippen molar-refractivity contribution in [1.82, 2.24) is 15.2 Å². The molecule has 0 bridgehead atoms. The van der Waals surface area contributed by atoms with Gasteiger partial charge < -0.3 is 5.73 Å². The SMILES string of the molecule is CC(C)(C)c1cnnc(CCCN)n1. The molecule has 0 amide bonds. The summed E-state index contributed by atoms with van der Waals surface area (Å²) in [4.78, 5) is 4.45. The lowest BCUT2D eigenvalue weighted by molar-refractivity contribution is 0.552. The minimum Gasteiger partial charge on any atom is -0.330 e. The third kappa shape index (κ3) is 3.03. The van der Waals surface area contributed by atoms with Gasteiger partial charge in [-0.1, -0.05) is 20.8 Å². The first kappa shape index (κ1) is 11.0. The van der Waals surface area contributed by atoms with Crippen molar-refractivity contribution in [3.8, 4) is 0 Å². The zero-order valence-corrected chi connectivity index (χ0v) is 9.12.